The van der Waals surface area contributed by atoms with Gasteiger partial charge in [0.05, 0.1) is 15.5 Å². The van der Waals surface area contributed by atoms with Gasteiger partial charge in [-0.3, -0.25) is 14.9 Å². The van der Waals surface area contributed by atoms with Crippen LogP contribution in [0.4, 0.5) is 5.69 Å². The summed E-state index contributed by atoms with van der Waals surface area (Å²) in [6.07, 6.45) is 3.15. The minimum absolute atomic E-state index is 0.110. The summed E-state index contributed by atoms with van der Waals surface area (Å²) in [7, 11) is 0. The zero-order valence-electron chi connectivity index (χ0n) is 12.1. The number of nitrogens with zero attached hydrogens (tertiary/aromatic N) is 1. The number of nitro benzene ring substituents is 1. The molecule has 0 saturated heterocycles. The summed E-state index contributed by atoms with van der Waals surface area (Å²) in [5.74, 6) is 0.854. The molecule has 0 spiro atoms. The Bertz CT molecular complexity index is 562. The lowest BCUT2D eigenvalue weighted by Gasteiger charge is -2.33. The molecule has 1 aromatic carbocycles. The van der Waals surface area contributed by atoms with Crippen molar-refractivity contribution >= 4 is 23.2 Å². The van der Waals surface area contributed by atoms with Crippen LogP contribution in [0.1, 0.15) is 43.5 Å². The molecule has 1 N–H and O–H groups in total. The summed E-state index contributed by atoms with van der Waals surface area (Å²) in [5, 5.41) is 13.8. The Morgan fingerprint density at radius 1 is 1.38 bits per heavy atom. The monoisotopic (exact) mass is 310 g/mol. The number of hydrogen-bond acceptors (Lipinski definition) is 3. The number of rotatable bonds is 3. The van der Waals surface area contributed by atoms with E-state index in [0.717, 1.165) is 19.3 Å². The fraction of sp³-hybridized carbons (Fsp3) is 0.533. The Morgan fingerprint density at radius 2 is 2.10 bits per heavy atom. The van der Waals surface area contributed by atoms with E-state index in [9.17, 15) is 14.9 Å². The van der Waals surface area contributed by atoms with Crippen LogP contribution in [0.15, 0.2) is 18.2 Å². The normalized spacial score (nSPS) is 25.4. The summed E-state index contributed by atoms with van der Waals surface area (Å²) in [5.41, 5.74) is 0.171. The molecule has 21 heavy (non-hydrogen) atoms. The van der Waals surface area contributed by atoms with Gasteiger partial charge in [0, 0.05) is 18.2 Å². The maximum Gasteiger partial charge on any atom is 0.270 e. The molecule has 1 aromatic rings. The van der Waals surface area contributed by atoms with Crippen LogP contribution in [-0.4, -0.2) is 16.9 Å². The van der Waals surface area contributed by atoms with E-state index in [0.29, 0.717) is 11.8 Å². The second-order valence-electron chi connectivity index (χ2n) is 5.90. The van der Waals surface area contributed by atoms with Crippen LogP contribution in [0.2, 0.25) is 5.02 Å². The highest BCUT2D eigenvalue weighted by Gasteiger charge is 2.27. The van der Waals surface area contributed by atoms with E-state index in [1.165, 1.54) is 18.2 Å². The van der Waals surface area contributed by atoms with Gasteiger partial charge in [0.1, 0.15) is 0 Å². The Labute approximate surface area is 128 Å². The van der Waals surface area contributed by atoms with Crippen LogP contribution in [0, 0.1) is 22.0 Å². The van der Waals surface area contributed by atoms with E-state index in [1.54, 1.807) is 0 Å². The van der Waals surface area contributed by atoms with Gasteiger partial charge in [0.2, 0.25) is 0 Å². The third-order valence-corrected chi connectivity index (χ3v) is 4.47. The second-order valence-corrected chi connectivity index (χ2v) is 6.30. The first-order valence-corrected chi connectivity index (χ1v) is 7.51. The lowest BCUT2D eigenvalue weighted by atomic mass is 9.80. The highest BCUT2D eigenvalue weighted by molar-refractivity contribution is 6.34. The lowest BCUT2D eigenvalue weighted by molar-refractivity contribution is -0.384. The number of nitrogens with one attached hydrogen (secondary N) is 1. The zero-order valence-corrected chi connectivity index (χ0v) is 12.9. The average Bonchev–Trinajstić information content (AvgIpc) is 2.41. The Morgan fingerprint density at radius 3 is 2.67 bits per heavy atom. The molecule has 1 aliphatic carbocycles. The number of carbonyl (C=O) groups is 1. The van der Waals surface area contributed by atoms with Gasteiger partial charge < -0.3 is 5.32 Å². The van der Waals surface area contributed by atoms with Gasteiger partial charge in [-0.25, -0.2) is 0 Å². The van der Waals surface area contributed by atoms with Crippen molar-refractivity contribution in [3.8, 4) is 0 Å². The van der Waals surface area contributed by atoms with Gasteiger partial charge in [0.15, 0.2) is 0 Å². The van der Waals surface area contributed by atoms with Crippen LogP contribution in [0.3, 0.4) is 0 Å². The summed E-state index contributed by atoms with van der Waals surface area (Å²) in [4.78, 5) is 22.4. The molecule has 6 heteroatoms. The molecule has 0 bridgehead atoms. The van der Waals surface area contributed by atoms with Crippen molar-refractivity contribution in [2.75, 3.05) is 0 Å². The molecule has 5 nitrogen and oxygen atoms in total. The summed E-state index contributed by atoms with van der Waals surface area (Å²) in [6.45, 7) is 4.36. The minimum atomic E-state index is -0.530. The van der Waals surface area contributed by atoms with E-state index >= 15 is 0 Å². The predicted octanol–water partition coefficient (Wildman–Crippen LogP) is 3.80. The van der Waals surface area contributed by atoms with Crippen molar-refractivity contribution in [2.45, 2.75) is 39.2 Å². The smallest absolute Gasteiger partial charge is 0.270 e. The molecular weight excluding hydrogens is 292 g/mol. The Balaban J connectivity index is 2.08. The lowest BCUT2D eigenvalue weighted by Crippen LogP contribution is -2.42. The van der Waals surface area contributed by atoms with Gasteiger partial charge >= 0.3 is 0 Å². The van der Waals surface area contributed by atoms with Gasteiger partial charge in [-0.15, -0.1) is 0 Å². The van der Waals surface area contributed by atoms with Gasteiger partial charge in [-0.05, 0) is 37.2 Å². The quantitative estimate of drug-likeness (QED) is 0.681. The first kappa shape index (κ1) is 15.8. The van der Waals surface area contributed by atoms with E-state index in [2.05, 4.69) is 19.2 Å². The zero-order chi connectivity index (χ0) is 15.6. The second kappa shape index (κ2) is 6.43. The highest BCUT2D eigenvalue weighted by atomic mass is 35.5. The number of nitro groups is 1. The fourth-order valence-electron chi connectivity index (χ4n) is 2.93. The molecule has 2 rings (SSSR count). The fourth-order valence-corrected chi connectivity index (χ4v) is 3.19. The van der Waals surface area contributed by atoms with Gasteiger partial charge in [-0.2, -0.15) is 0 Å². The first-order valence-electron chi connectivity index (χ1n) is 7.13. The molecular formula is C15H19ClN2O3. The van der Waals surface area contributed by atoms with Crippen molar-refractivity contribution in [3.63, 3.8) is 0 Å². The summed E-state index contributed by atoms with van der Waals surface area (Å²) < 4.78 is 0. The van der Waals surface area contributed by atoms with Gasteiger partial charge in [-0.1, -0.05) is 25.4 Å². The molecule has 0 aliphatic heterocycles. The summed E-state index contributed by atoms with van der Waals surface area (Å²) in [6, 6.07) is 4.06. The molecule has 1 fully saturated rings. The molecule has 0 radical (unpaired) electrons. The Kier molecular flexibility index (Phi) is 4.83. The third-order valence-electron chi connectivity index (χ3n) is 4.16. The number of carbonyl (C=O) groups excluding carboxylic acids is 1. The van der Waals surface area contributed by atoms with E-state index in [1.807, 2.05) is 0 Å². The average molecular weight is 311 g/mol. The van der Waals surface area contributed by atoms with Crippen molar-refractivity contribution in [3.05, 3.63) is 38.9 Å². The molecule has 3 atom stereocenters. The molecule has 114 valence electrons. The SMILES string of the molecule is CC1CCC(NC(=O)c2ccc([N+](=O)[O-])cc2Cl)C(C)C1. The van der Waals surface area contributed by atoms with E-state index < -0.39 is 4.92 Å². The topological polar surface area (TPSA) is 72.2 Å². The maximum absolute atomic E-state index is 12.3. The molecule has 1 aliphatic rings. The largest absolute Gasteiger partial charge is 0.349 e. The van der Waals surface area contributed by atoms with Crippen LogP contribution in [0.5, 0.6) is 0 Å². The standard InChI is InChI=1S/C15H19ClN2O3/c1-9-3-6-14(10(2)7-9)17-15(19)12-5-4-11(18(20)21)8-13(12)16/h4-5,8-10,14H,3,6-7H2,1-2H3,(H,17,19). The maximum atomic E-state index is 12.3. The van der Waals surface area contributed by atoms with E-state index in [4.69, 9.17) is 11.6 Å². The number of benzene rings is 1. The van der Waals surface area contributed by atoms with Crippen molar-refractivity contribution in [1.82, 2.24) is 5.32 Å². The van der Waals surface area contributed by atoms with Crippen LogP contribution in [-0.2, 0) is 0 Å². The number of non-ortho nitro benzene ring substituents is 1. The van der Waals surface area contributed by atoms with Crippen LogP contribution < -0.4 is 5.32 Å². The van der Waals surface area contributed by atoms with Crippen LogP contribution >= 0.6 is 11.6 Å². The molecule has 0 heterocycles. The third kappa shape index (κ3) is 3.73. The number of amides is 1. The number of hydrogen-bond donors (Lipinski definition) is 1. The highest BCUT2D eigenvalue weighted by Crippen LogP contribution is 2.29. The molecule has 1 amide bonds. The van der Waals surface area contributed by atoms with Crippen molar-refractivity contribution in [1.29, 1.82) is 0 Å². The van der Waals surface area contributed by atoms with Gasteiger partial charge in [0.25, 0.3) is 11.6 Å². The van der Waals surface area contributed by atoms with Crippen molar-refractivity contribution < 1.29 is 9.72 Å². The van der Waals surface area contributed by atoms with E-state index in [-0.39, 0.29) is 28.2 Å². The van der Waals surface area contributed by atoms with Crippen LogP contribution in [0.25, 0.3) is 0 Å². The summed E-state index contributed by atoms with van der Waals surface area (Å²) >= 11 is 5.98. The molecule has 0 aromatic heterocycles. The van der Waals surface area contributed by atoms with Crippen molar-refractivity contribution in [2.24, 2.45) is 11.8 Å². The minimum Gasteiger partial charge on any atom is -0.349 e. The molecule has 1 saturated carbocycles. The Hall–Kier alpha value is -1.62. The number of halogens is 1. The molecule has 3 unspecified atom stereocenters. The predicted molar refractivity (Wildman–Crippen MR) is 81.5 cm³/mol. The first-order chi connectivity index (χ1) is 9.88.